The van der Waals surface area contributed by atoms with Crippen LogP contribution < -0.4 is 5.32 Å². The van der Waals surface area contributed by atoms with E-state index in [0.717, 1.165) is 11.1 Å². The Morgan fingerprint density at radius 3 is 2.63 bits per heavy atom. The summed E-state index contributed by atoms with van der Waals surface area (Å²) in [6, 6.07) is 14.5. The summed E-state index contributed by atoms with van der Waals surface area (Å²) in [4.78, 5) is 28.7. The molecule has 3 rings (SSSR count). The number of para-hydroxylation sites is 1. The van der Waals surface area contributed by atoms with Gasteiger partial charge in [-0.2, -0.15) is 0 Å². The Morgan fingerprint density at radius 1 is 1.11 bits per heavy atom. The third-order valence-corrected chi connectivity index (χ3v) is 4.09. The van der Waals surface area contributed by atoms with Gasteiger partial charge in [0.05, 0.1) is 30.5 Å². The van der Waals surface area contributed by atoms with Gasteiger partial charge in [0.2, 0.25) is 11.8 Å². The van der Waals surface area contributed by atoms with Crippen molar-refractivity contribution >= 4 is 17.6 Å². The molecule has 0 unspecified atom stereocenters. The zero-order chi connectivity index (χ0) is 19.4. The van der Waals surface area contributed by atoms with Crippen LogP contribution in [0.2, 0.25) is 0 Å². The molecule has 6 heteroatoms. The Hall–Kier alpha value is -3.41. The van der Waals surface area contributed by atoms with Crippen molar-refractivity contribution < 1.29 is 18.7 Å². The van der Waals surface area contributed by atoms with Gasteiger partial charge in [-0.15, -0.1) is 0 Å². The minimum Gasteiger partial charge on any atom is -0.465 e. The Labute approximate surface area is 157 Å². The van der Waals surface area contributed by atoms with E-state index in [-0.39, 0.29) is 12.3 Å². The lowest BCUT2D eigenvalue weighted by molar-refractivity contribution is -0.115. The summed E-state index contributed by atoms with van der Waals surface area (Å²) in [5.74, 6) is 0.265. The fourth-order valence-corrected chi connectivity index (χ4v) is 2.72. The smallest absolute Gasteiger partial charge is 0.339 e. The minimum absolute atomic E-state index is 0.0383. The van der Waals surface area contributed by atoms with Crippen LogP contribution in [-0.2, 0) is 16.0 Å². The molecule has 0 radical (unpaired) electrons. The van der Waals surface area contributed by atoms with Crippen LogP contribution in [0.4, 0.5) is 5.69 Å². The molecule has 1 aromatic heterocycles. The van der Waals surface area contributed by atoms with Crippen molar-refractivity contribution in [2.24, 2.45) is 0 Å². The third-order valence-electron chi connectivity index (χ3n) is 4.09. The summed E-state index contributed by atoms with van der Waals surface area (Å²) in [5, 5.41) is 2.74. The molecule has 138 valence electrons. The van der Waals surface area contributed by atoms with Gasteiger partial charge in [0, 0.05) is 5.56 Å². The molecule has 0 spiro atoms. The lowest BCUT2D eigenvalue weighted by Gasteiger charge is -2.09. The molecule has 2 aromatic carbocycles. The molecule has 27 heavy (non-hydrogen) atoms. The summed E-state index contributed by atoms with van der Waals surface area (Å²) in [6.07, 6.45) is 0.0383. The second kappa shape index (κ2) is 7.86. The minimum atomic E-state index is -0.509. The fourth-order valence-electron chi connectivity index (χ4n) is 2.72. The van der Waals surface area contributed by atoms with E-state index in [1.54, 1.807) is 31.2 Å². The second-order valence-corrected chi connectivity index (χ2v) is 6.15. The van der Waals surface area contributed by atoms with Gasteiger partial charge in [-0.05, 0) is 38.1 Å². The van der Waals surface area contributed by atoms with Crippen LogP contribution in [0.1, 0.15) is 27.4 Å². The summed E-state index contributed by atoms with van der Waals surface area (Å²) >= 11 is 0. The van der Waals surface area contributed by atoms with Crippen LogP contribution in [0.15, 0.2) is 52.9 Å². The average molecular weight is 364 g/mol. The predicted molar refractivity (Wildman–Crippen MR) is 102 cm³/mol. The van der Waals surface area contributed by atoms with E-state index in [0.29, 0.717) is 28.6 Å². The molecule has 0 bridgehead atoms. The number of oxazole rings is 1. The molecule has 0 saturated carbocycles. The number of anilines is 1. The number of nitrogens with one attached hydrogen (secondary N) is 1. The van der Waals surface area contributed by atoms with E-state index in [9.17, 15) is 9.59 Å². The van der Waals surface area contributed by atoms with Crippen molar-refractivity contribution in [3.05, 3.63) is 71.1 Å². The number of hydrogen-bond donors (Lipinski definition) is 1. The number of nitrogens with zero attached hydrogens (tertiary/aromatic N) is 1. The van der Waals surface area contributed by atoms with Crippen LogP contribution in [0, 0.1) is 13.8 Å². The van der Waals surface area contributed by atoms with Gasteiger partial charge in [-0.3, -0.25) is 4.79 Å². The molecule has 6 nitrogen and oxygen atoms in total. The molecule has 1 amide bonds. The van der Waals surface area contributed by atoms with Gasteiger partial charge in [-0.1, -0.05) is 29.8 Å². The normalized spacial score (nSPS) is 10.5. The van der Waals surface area contributed by atoms with Gasteiger partial charge in [0.15, 0.2) is 0 Å². The number of carbonyl (C=O) groups is 2. The molecule has 0 saturated heterocycles. The Bertz CT molecular complexity index is 991. The number of amides is 1. The first-order valence-electron chi connectivity index (χ1n) is 8.48. The first-order chi connectivity index (χ1) is 13.0. The molecule has 1 N–H and O–H groups in total. The maximum absolute atomic E-state index is 12.5. The van der Waals surface area contributed by atoms with Crippen molar-refractivity contribution in [2.45, 2.75) is 20.3 Å². The SMILES string of the molecule is COC(=O)c1ccccc1NC(=O)Cc1nc(-c2cccc(C)c2)oc1C. The van der Waals surface area contributed by atoms with Crippen molar-refractivity contribution in [1.29, 1.82) is 0 Å². The van der Waals surface area contributed by atoms with Crippen molar-refractivity contribution in [3.63, 3.8) is 0 Å². The summed E-state index contributed by atoms with van der Waals surface area (Å²) in [7, 11) is 1.30. The maximum Gasteiger partial charge on any atom is 0.339 e. The first-order valence-corrected chi connectivity index (χ1v) is 8.48. The van der Waals surface area contributed by atoms with Crippen molar-refractivity contribution in [1.82, 2.24) is 4.98 Å². The number of benzene rings is 2. The van der Waals surface area contributed by atoms with Gasteiger partial charge in [0.1, 0.15) is 5.76 Å². The largest absolute Gasteiger partial charge is 0.465 e. The van der Waals surface area contributed by atoms with Crippen molar-refractivity contribution in [2.75, 3.05) is 12.4 Å². The van der Waals surface area contributed by atoms with E-state index in [2.05, 4.69) is 10.3 Å². The van der Waals surface area contributed by atoms with E-state index < -0.39 is 5.97 Å². The van der Waals surface area contributed by atoms with Crippen molar-refractivity contribution in [3.8, 4) is 11.5 Å². The Morgan fingerprint density at radius 2 is 1.89 bits per heavy atom. The summed E-state index contributed by atoms with van der Waals surface area (Å²) < 4.78 is 10.5. The van der Waals surface area contributed by atoms with Gasteiger partial charge in [-0.25, -0.2) is 9.78 Å². The molecule has 0 aliphatic carbocycles. The molecular weight excluding hydrogens is 344 g/mol. The summed E-state index contributed by atoms with van der Waals surface area (Å²) in [6.45, 7) is 3.77. The van der Waals surface area contributed by atoms with Gasteiger partial charge in [0.25, 0.3) is 0 Å². The van der Waals surface area contributed by atoms with E-state index >= 15 is 0 Å². The molecular formula is C21H20N2O4. The number of ether oxygens (including phenoxy) is 1. The molecule has 0 atom stereocenters. The second-order valence-electron chi connectivity index (χ2n) is 6.15. The number of carbonyl (C=O) groups excluding carboxylic acids is 2. The zero-order valence-corrected chi connectivity index (χ0v) is 15.4. The highest BCUT2D eigenvalue weighted by molar-refractivity contribution is 6.01. The molecule has 0 aliphatic heterocycles. The number of methoxy groups -OCH3 is 1. The van der Waals surface area contributed by atoms with Crippen LogP contribution in [0.3, 0.4) is 0 Å². The summed E-state index contributed by atoms with van der Waals surface area (Å²) in [5.41, 5.74) is 3.21. The maximum atomic E-state index is 12.5. The van der Waals surface area contributed by atoms with Gasteiger partial charge >= 0.3 is 5.97 Å². The fraction of sp³-hybridized carbons (Fsp3) is 0.190. The molecule has 3 aromatic rings. The highest BCUT2D eigenvalue weighted by atomic mass is 16.5. The predicted octanol–water partition coefficient (Wildman–Crippen LogP) is 3.93. The third kappa shape index (κ3) is 4.23. The number of esters is 1. The number of aryl methyl sites for hydroxylation is 2. The monoisotopic (exact) mass is 364 g/mol. The number of aromatic nitrogens is 1. The molecule has 1 heterocycles. The average Bonchev–Trinajstić information content (AvgIpc) is 3.02. The first kappa shape index (κ1) is 18.4. The van der Waals surface area contributed by atoms with E-state index in [4.69, 9.17) is 9.15 Å². The lowest BCUT2D eigenvalue weighted by atomic mass is 10.1. The van der Waals surface area contributed by atoms with Crippen LogP contribution in [0.25, 0.3) is 11.5 Å². The molecule has 0 aliphatic rings. The lowest BCUT2D eigenvalue weighted by Crippen LogP contribution is -2.17. The Balaban J connectivity index is 1.77. The van der Waals surface area contributed by atoms with Crippen LogP contribution in [-0.4, -0.2) is 24.0 Å². The highest BCUT2D eigenvalue weighted by Gasteiger charge is 2.17. The number of hydrogen-bond acceptors (Lipinski definition) is 5. The van der Waals surface area contributed by atoms with E-state index in [1.165, 1.54) is 7.11 Å². The Kier molecular flexibility index (Phi) is 5.35. The zero-order valence-electron chi connectivity index (χ0n) is 15.4. The van der Waals surface area contributed by atoms with Crippen LogP contribution in [0.5, 0.6) is 0 Å². The van der Waals surface area contributed by atoms with Gasteiger partial charge < -0.3 is 14.5 Å². The number of rotatable bonds is 5. The quantitative estimate of drug-likeness (QED) is 0.694. The van der Waals surface area contributed by atoms with E-state index in [1.807, 2.05) is 31.2 Å². The highest BCUT2D eigenvalue weighted by Crippen LogP contribution is 2.23. The molecule has 0 fully saturated rings. The topological polar surface area (TPSA) is 81.4 Å². The van der Waals surface area contributed by atoms with Crippen LogP contribution >= 0.6 is 0 Å². The standard InChI is InChI=1S/C21H20N2O4/c1-13-7-6-8-15(11-13)20-23-18(14(2)27-20)12-19(24)22-17-10-5-4-9-16(17)21(25)26-3/h4-11H,12H2,1-3H3,(H,22,24).